The van der Waals surface area contributed by atoms with Crippen LogP contribution in [-0.4, -0.2) is 18.1 Å². The standard InChI is InChI=1S/C12H16O2S/c1-4-12(13)9(2)15-11-7-5-6-10(8-11)14-3/h5-9H,4H2,1-3H3. The van der Waals surface area contributed by atoms with E-state index in [-0.39, 0.29) is 11.0 Å². The molecule has 1 aromatic carbocycles. The third-order valence-electron chi connectivity index (χ3n) is 2.16. The van der Waals surface area contributed by atoms with Crippen LogP contribution in [0.25, 0.3) is 0 Å². The Labute approximate surface area is 95.0 Å². The van der Waals surface area contributed by atoms with Crippen LogP contribution < -0.4 is 4.74 Å². The molecule has 0 aliphatic rings. The van der Waals surface area contributed by atoms with Gasteiger partial charge in [-0.2, -0.15) is 0 Å². The SMILES string of the molecule is CCC(=O)C(C)Sc1cccc(OC)c1. The van der Waals surface area contributed by atoms with Gasteiger partial charge in [0.25, 0.3) is 0 Å². The molecule has 0 spiro atoms. The maximum absolute atomic E-state index is 11.4. The third-order valence-corrected chi connectivity index (χ3v) is 3.30. The van der Waals surface area contributed by atoms with Gasteiger partial charge in [0, 0.05) is 11.3 Å². The molecule has 82 valence electrons. The first-order valence-electron chi connectivity index (χ1n) is 5.00. The number of carbonyl (C=O) groups is 1. The molecule has 0 saturated heterocycles. The molecule has 1 rings (SSSR count). The van der Waals surface area contributed by atoms with E-state index < -0.39 is 0 Å². The maximum Gasteiger partial charge on any atom is 0.145 e. The fourth-order valence-corrected chi connectivity index (χ4v) is 2.28. The van der Waals surface area contributed by atoms with Crippen LogP contribution in [0, 0.1) is 0 Å². The molecule has 1 aromatic rings. The predicted octanol–water partition coefficient (Wildman–Crippen LogP) is 3.15. The van der Waals surface area contributed by atoms with E-state index in [1.54, 1.807) is 18.9 Å². The molecule has 0 saturated carbocycles. The lowest BCUT2D eigenvalue weighted by Gasteiger charge is -2.09. The van der Waals surface area contributed by atoms with Crippen molar-refractivity contribution < 1.29 is 9.53 Å². The first kappa shape index (κ1) is 12.1. The van der Waals surface area contributed by atoms with Gasteiger partial charge in [0.1, 0.15) is 11.5 Å². The van der Waals surface area contributed by atoms with Gasteiger partial charge >= 0.3 is 0 Å². The summed E-state index contributed by atoms with van der Waals surface area (Å²) in [6.45, 7) is 3.83. The molecule has 1 unspecified atom stereocenters. The van der Waals surface area contributed by atoms with Crippen LogP contribution in [0.1, 0.15) is 20.3 Å². The van der Waals surface area contributed by atoms with Gasteiger partial charge in [0.05, 0.1) is 12.4 Å². The van der Waals surface area contributed by atoms with Gasteiger partial charge < -0.3 is 4.74 Å². The monoisotopic (exact) mass is 224 g/mol. The fraction of sp³-hybridized carbons (Fsp3) is 0.417. The Morgan fingerprint density at radius 1 is 1.53 bits per heavy atom. The van der Waals surface area contributed by atoms with E-state index >= 15 is 0 Å². The summed E-state index contributed by atoms with van der Waals surface area (Å²) in [4.78, 5) is 12.5. The van der Waals surface area contributed by atoms with Gasteiger partial charge in [-0.3, -0.25) is 4.79 Å². The fourth-order valence-electron chi connectivity index (χ4n) is 1.23. The van der Waals surface area contributed by atoms with Crippen LogP contribution in [0.3, 0.4) is 0 Å². The minimum atomic E-state index is 0.0158. The minimum absolute atomic E-state index is 0.0158. The predicted molar refractivity (Wildman–Crippen MR) is 63.6 cm³/mol. The molecule has 1 atom stereocenters. The van der Waals surface area contributed by atoms with E-state index in [4.69, 9.17) is 4.74 Å². The number of hydrogen-bond donors (Lipinski definition) is 0. The number of carbonyl (C=O) groups excluding carboxylic acids is 1. The van der Waals surface area contributed by atoms with Crippen molar-refractivity contribution in [2.45, 2.75) is 30.4 Å². The summed E-state index contributed by atoms with van der Waals surface area (Å²) in [5.74, 6) is 1.11. The first-order valence-corrected chi connectivity index (χ1v) is 5.88. The zero-order valence-corrected chi connectivity index (χ0v) is 10.1. The Kier molecular flexibility index (Phi) is 4.69. The molecule has 15 heavy (non-hydrogen) atoms. The number of ketones is 1. The lowest BCUT2D eigenvalue weighted by Crippen LogP contribution is -2.10. The molecule has 3 heteroatoms. The van der Waals surface area contributed by atoms with Crippen molar-refractivity contribution in [1.82, 2.24) is 0 Å². The summed E-state index contributed by atoms with van der Waals surface area (Å²) >= 11 is 1.58. The number of methoxy groups -OCH3 is 1. The van der Waals surface area contributed by atoms with E-state index in [1.165, 1.54) is 0 Å². The largest absolute Gasteiger partial charge is 0.497 e. The van der Waals surface area contributed by atoms with E-state index in [0.29, 0.717) is 6.42 Å². The van der Waals surface area contributed by atoms with Crippen molar-refractivity contribution in [3.8, 4) is 5.75 Å². The second-order valence-corrected chi connectivity index (χ2v) is 4.67. The third kappa shape index (κ3) is 3.59. The average Bonchev–Trinajstić information content (AvgIpc) is 2.28. The molecule has 0 aliphatic heterocycles. The number of thioether (sulfide) groups is 1. The van der Waals surface area contributed by atoms with Crippen LogP contribution in [0.5, 0.6) is 5.75 Å². The van der Waals surface area contributed by atoms with E-state index in [2.05, 4.69) is 0 Å². The van der Waals surface area contributed by atoms with Gasteiger partial charge in [0.2, 0.25) is 0 Å². The Hall–Kier alpha value is -0.960. The van der Waals surface area contributed by atoms with Crippen molar-refractivity contribution in [2.75, 3.05) is 7.11 Å². The molecule has 0 heterocycles. The highest BCUT2D eigenvalue weighted by atomic mass is 32.2. The molecule has 0 aliphatic carbocycles. The smallest absolute Gasteiger partial charge is 0.145 e. The molecule has 2 nitrogen and oxygen atoms in total. The Morgan fingerprint density at radius 2 is 2.27 bits per heavy atom. The maximum atomic E-state index is 11.4. The van der Waals surface area contributed by atoms with Gasteiger partial charge in [-0.1, -0.05) is 13.0 Å². The molecule has 0 N–H and O–H groups in total. The molecule has 0 amide bonds. The van der Waals surface area contributed by atoms with Crippen LogP contribution >= 0.6 is 11.8 Å². The van der Waals surface area contributed by atoms with Crippen LogP contribution in [0.15, 0.2) is 29.2 Å². The Balaban J connectivity index is 2.67. The zero-order chi connectivity index (χ0) is 11.3. The number of ether oxygens (including phenoxy) is 1. The summed E-state index contributed by atoms with van der Waals surface area (Å²) in [6.07, 6.45) is 0.595. The number of rotatable bonds is 5. The number of hydrogen-bond acceptors (Lipinski definition) is 3. The summed E-state index contributed by atoms with van der Waals surface area (Å²) in [5.41, 5.74) is 0. The van der Waals surface area contributed by atoms with Crippen LogP contribution in [0.4, 0.5) is 0 Å². The minimum Gasteiger partial charge on any atom is -0.497 e. The van der Waals surface area contributed by atoms with Crippen molar-refractivity contribution in [2.24, 2.45) is 0 Å². The van der Waals surface area contributed by atoms with E-state index in [0.717, 1.165) is 10.6 Å². The second kappa shape index (κ2) is 5.81. The quantitative estimate of drug-likeness (QED) is 0.719. The highest BCUT2D eigenvalue weighted by molar-refractivity contribution is 8.00. The summed E-state index contributed by atoms with van der Waals surface area (Å²) in [6, 6.07) is 7.78. The number of Topliss-reactive ketones (excluding diaryl/α,β-unsaturated/α-hetero) is 1. The highest BCUT2D eigenvalue weighted by Gasteiger charge is 2.12. The van der Waals surface area contributed by atoms with Crippen LogP contribution in [0.2, 0.25) is 0 Å². The van der Waals surface area contributed by atoms with Crippen molar-refractivity contribution in [1.29, 1.82) is 0 Å². The highest BCUT2D eigenvalue weighted by Crippen LogP contribution is 2.27. The first-order chi connectivity index (χ1) is 7.17. The second-order valence-electron chi connectivity index (χ2n) is 3.26. The average molecular weight is 224 g/mol. The van der Waals surface area contributed by atoms with Crippen molar-refractivity contribution >= 4 is 17.5 Å². The van der Waals surface area contributed by atoms with Gasteiger partial charge in [-0.15, -0.1) is 11.8 Å². The van der Waals surface area contributed by atoms with E-state index in [1.807, 2.05) is 38.1 Å². The molecule has 0 fully saturated rings. The molecule has 0 radical (unpaired) electrons. The van der Waals surface area contributed by atoms with Gasteiger partial charge in [-0.05, 0) is 25.1 Å². The van der Waals surface area contributed by atoms with Gasteiger partial charge in [0.15, 0.2) is 0 Å². The molecular weight excluding hydrogens is 208 g/mol. The Morgan fingerprint density at radius 3 is 2.87 bits per heavy atom. The summed E-state index contributed by atoms with van der Waals surface area (Å²) in [5, 5.41) is 0.0158. The zero-order valence-electron chi connectivity index (χ0n) is 9.32. The molecule has 0 aromatic heterocycles. The normalized spacial score (nSPS) is 12.2. The van der Waals surface area contributed by atoms with Crippen molar-refractivity contribution in [3.05, 3.63) is 24.3 Å². The summed E-state index contributed by atoms with van der Waals surface area (Å²) < 4.78 is 5.12. The van der Waals surface area contributed by atoms with E-state index in [9.17, 15) is 4.79 Å². The van der Waals surface area contributed by atoms with Crippen molar-refractivity contribution in [3.63, 3.8) is 0 Å². The van der Waals surface area contributed by atoms with Crippen LogP contribution in [-0.2, 0) is 4.79 Å². The molecular formula is C12H16O2S. The lowest BCUT2D eigenvalue weighted by molar-refractivity contribution is -0.117. The topological polar surface area (TPSA) is 26.3 Å². The molecule has 0 bridgehead atoms. The van der Waals surface area contributed by atoms with Gasteiger partial charge in [-0.25, -0.2) is 0 Å². The Bertz CT molecular complexity index is 336. The number of benzene rings is 1. The summed E-state index contributed by atoms with van der Waals surface area (Å²) in [7, 11) is 1.64. The lowest BCUT2D eigenvalue weighted by atomic mass is 10.2.